The van der Waals surface area contributed by atoms with E-state index >= 15 is 0 Å². The van der Waals surface area contributed by atoms with Crippen molar-refractivity contribution in [3.05, 3.63) is 58.0 Å². The van der Waals surface area contributed by atoms with Crippen molar-refractivity contribution < 1.29 is 14.0 Å². The van der Waals surface area contributed by atoms with Crippen LogP contribution in [0.1, 0.15) is 28.1 Å². The summed E-state index contributed by atoms with van der Waals surface area (Å²) in [6.07, 6.45) is 1.80. The molecule has 0 radical (unpaired) electrons. The van der Waals surface area contributed by atoms with Crippen LogP contribution < -0.4 is 5.32 Å². The van der Waals surface area contributed by atoms with E-state index in [0.717, 1.165) is 18.4 Å². The summed E-state index contributed by atoms with van der Waals surface area (Å²) in [5, 5.41) is 4.91. The van der Waals surface area contributed by atoms with Gasteiger partial charge >= 0.3 is 0 Å². The molecule has 2 amide bonds. The molecule has 24 heavy (non-hydrogen) atoms. The molecule has 3 rings (SSSR count). The van der Waals surface area contributed by atoms with Crippen molar-refractivity contribution in [3.8, 4) is 0 Å². The van der Waals surface area contributed by atoms with Gasteiger partial charge < -0.3 is 10.2 Å². The second kappa shape index (κ2) is 7.57. The third-order valence-corrected chi connectivity index (χ3v) is 5.07. The second-order valence-corrected chi connectivity index (χ2v) is 6.86. The molecular weight excluding hydrogens is 327 g/mol. The molecule has 1 aromatic carbocycles. The third kappa shape index (κ3) is 4.20. The highest BCUT2D eigenvalue weighted by molar-refractivity contribution is 7.12. The van der Waals surface area contributed by atoms with Crippen LogP contribution in [-0.4, -0.2) is 35.8 Å². The lowest BCUT2D eigenvalue weighted by molar-refractivity contribution is -0.131. The van der Waals surface area contributed by atoms with E-state index in [0.29, 0.717) is 18.0 Å². The van der Waals surface area contributed by atoms with E-state index in [9.17, 15) is 14.0 Å². The highest BCUT2D eigenvalue weighted by Gasteiger charge is 2.24. The largest absolute Gasteiger partial charge is 0.348 e. The molecule has 0 atom stereocenters. The molecule has 1 N–H and O–H groups in total. The average molecular weight is 346 g/mol. The van der Waals surface area contributed by atoms with Crippen LogP contribution in [0.3, 0.4) is 0 Å². The van der Waals surface area contributed by atoms with Gasteiger partial charge in [-0.25, -0.2) is 4.39 Å². The SMILES string of the molecule is O=C(NC1CCN(C(=O)Cc2ccc(F)cc2)CC1)c1cccs1. The number of amides is 2. The monoisotopic (exact) mass is 346 g/mol. The van der Waals surface area contributed by atoms with Gasteiger partial charge in [0.25, 0.3) is 5.91 Å². The molecule has 0 spiro atoms. The Morgan fingerprint density at radius 3 is 2.50 bits per heavy atom. The number of carbonyl (C=O) groups excluding carboxylic acids is 2. The maximum Gasteiger partial charge on any atom is 0.261 e. The first-order chi connectivity index (χ1) is 11.6. The normalized spacial score (nSPS) is 15.3. The van der Waals surface area contributed by atoms with Gasteiger partial charge in [-0.05, 0) is 42.0 Å². The summed E-state index contributed by atoms with van der Waals surface area (Å²) in [6, 6.07) is 9.79. The van der Waals surface area contributed by atoms with Gasteiger partial charge in [-0.3, -0.25) is 9.59 Å². The number of carbonyl (C=O) groups is 2. The molecule has 2 heterocycles. The maximum absolute atomic E-state index is 12.9. The molecule has 126 valence electrons. The molecule has 1 saturated heterocycles. The number of hydrogen-bond donors (Lipinski definition) is 1. The number of halogens is 1. The fraction of sp³-hybridized carbons (Fsp3) is 0.333. The Balaban J connectivity index is 1.47. The second-order valence-electron chi connectivity index (χ2n) is 5.91. The number of thiophene rings is 1. The standard InChI is InChI=1S/C18H19FN2O2S/c19-14-5-3-13(4-6-14)12-17(22)21-9-7-15(8-10-21)20-18(23)16-2-1-11-24-16/h1-6,11,15H,7-10,12H2,(H,20,23). The van der Waals surface area contributed by atoms with Crippen LogP contribution in [0.2, 0.25) is 0 Å². The molecule has 0 bridgehead atoms. The maximum atomic E-state index is 12.9. The van der Waals surface area contributed by atoms with Gasteiger partial charge in [0.1, 0.15) is 5.82 Å². The zero-order chi connectivity index (χ0) is 16.9. The Hall–Kier alpha value is -2.21. The predicted molar refractivity (Wildman–Crippen MR) is 91.5 cm³/mol. The summed E-state index contributed by atoms with van der Waals surface area (Å²) in [5.74, 6) is -0.292. The molecule has 0 unspecified atom stereocenters. The van der Waals surface area contributed by atoms with Crippen LogP contribution in [0.15, 0.2) is 41.8 Å². The van der Waals surface area contributed by atoms with Gasteiger partial charge in [0.2, 0.25) is 5.91 Å². The molecule has 1 fully saturated rings. The van der Waals surface area contributed by atoms with Gasteiger partial charge in [-0.2, -0.15) is 0 Å². The molecule has 1 aromatic heterocycles. The summed E-state index contributed by atoms with van der Waals surface area (Å²) in [7, 11) is 0. The first-order valence-corrected chi connectivity index (χ1v) is 8.86. The number of likely N-dealkylation sites (tertiary alicyclic amines) is 1. The van der Waals surface area contributed by atoms with Crippen molar-refractivity contribution in [2.45, 2.75) is 25.3 Å². The number of nitrogens with zero attached hydrogens (tertiary/aromatic N) is 1. The Morgan fingerprint density at radius 2 is 1.88 bits per heavy atom. The lowest BCUT2D eigenvalue weighted by Gasteiger charge is -2.32. The number of hydrogen-bond acceptors (Lipinski definition) is 3. The molecule has 1 aliphatic rings. The van der Waals surface area contributed by atoms with Crippen molar-refractivity contribution in [2.24, 2.45) is 0 Å². The van der Waals surface area contributed by atoms with Gasteiger partial charge in [0.15, 0.2) is 0 Å². The van der Waals surface area contributed by atoms with Gasteiger partial charge in [-0.1, -0.05) is 18.2 Å². The average Bonchev–Trinajstić information content (AvgIpc) is 3.12. The number of benzene rings is 1. The first kappa shape index (κ1) is 16.6. The fourth-order valence-corrected chi connectivity index (χ4v) is 3.45. The highest BCUT2D eigenvalue weighted by atomic mass is 32.1. The van der Waals surface area contributed by atoms with Gasteiger partial charge in [0.05, 0.1) is 11.3 Å². The molecule has 1 aliphatic heterocycles. The van der Waals surface area contributed by atoms with E-state index in [2.05, 4.69) is 5.32 Å². The van der Waals surface area contributed by atoms with E-state index in [1.165, 1.54) is 23.5 Å². The minimum absolute atomic E-state index is 0.0407. The van der Waals surface area contributed by atoms with Crippen molar-refractivity contribution in [2.75, 3.05) is 13.1 Å². The van der Waals surface area contributed by atoms with E-state index in [4.69, 9.17) is 0 Å². The molecule has 6 heteroatoms. The van der Waals surface area contributed by atoms with Crippen molar-refractivity contribution >= 4 is 23.2 Å². The lowest BCUT2D eigenvalue weighted by atomic mass is 10.0. The number of piperidine rings is 1. The predicted octanol–water partition coefficient (Wildman–Crippen LogP) is 2.85. The van der Waals surface area contributed by atoms with Crippen LogP contribution in [0, 0.1) is 5.82 Å². The molecule has 0 aliphatic carbocycles. The molecule has 2 aromatic rings. The lowest BCUT2D eigenvalue weighted by Crippen LogP contribution is -2.46. The van der Waals surface area contributed by atoms with Crippen LogP contribution >= 0.6 is 11.3 Å². The zero-order valence-corrected chi connectivity index (χ0v) is 14.0. The minimum Gasteiger partial charge on any atom is -0.348 e. The summed E-state index contributed by atoms with van der Waals surface area (Å²) in [5.41, 5.74) is 0.814. The summed E-state index contributed by atoms with van der Waals surface area (Å²) >= 11 is 1.42. The summed E-state index contributed by atoms with van der Waals surface area (Å²) in [6.45, 7) is 1.27. The molecule has 0 saturated carbocycles. The van der Waals surface area contributed by atoms with Gasteiger partial charge in [0, 0.05) is 19.1 Å². The number of rotatable bonds is 4. The first-order valence-electron chi connectivity index (χ1n) is 7.98. The van der Waals surface area contributed by atoms with E-state index in [-0.39, 0.29) is 30.1 Å². The van der Waals surface area contributed by atoms with Gasteiger partial charge in [-0.15, -0.1) is 11.3 Å². The Kier molecular flexibility index (Phi) is 5.25. The van der Waals surface area contributed by atoms with Crippen molar-refractivity contribution in [3.63, 3.8) is 0 Å². The minimum atomic E-state index is -0.298. The van der Waals surface area contributed by atoms with Crippen molar-refractivity contribution in [1.82, 2.24) is 10.2 Å². The Bertz CT molecular complexity index is 692. The van der Waals surface area contributed by atoms with Crippen LogP contribution in [0.5, 0.6) is 0 Å². The smallest absolute Gasteiger partial charge is 0.261 e. The summed E-state index contributed by atoms with van der Waals surface area (Å²) in [4.78, 5) is 26.9. The quantitative estimate of drug-likeness (QED) is 0.925. The topological polar surface area (TPSA) is 49.4 Å². The molecule has 4 nitrogen and oxygen atoms in total. The molecular formula is C18H19FN2O2S. The zero-order valence-electron chi connectivity index (χ0n) is 13.2. The van der Waals surface area contributed by atoms with Crippen LogP contribution in [0.25, 0.3) is 0 Å². The van der Waals surface area contributed by atoms with E-state index < -0.39 is 0 Å². The fourth-order valence-electron chi connectivity index (χ4n) is 2.83. The van der Waals surface area contributed by atoms with E-state index in [1.807, 2.05) is 16.3 Å². The highest BCUT2D eigenvalue weighted by Crippen LogP contribution is 2.15. The van der Waals surface area contributed by atoms with E-state index in [1.54, 1.807) is 18.2 Å². The number of nitrogens with one attached hydrogen (secondary N) is 1. The Labute approximate surface area is 144 Å². The summed E-state index contributed by atoms with van der Waals surface area (Å²) < 4.78 is 12.9. The van der Waals surface area contributed by atoms with Crippen LogP contribution in [0.4, 0.5) is 4.39 Å². The van der Waals surface area contributed by atoms with Crippen LogP contribution in [-0.2, 0) is 11.2 Å². The third-order valence-electron chi connectivity index (χ3n) is 4.20. The van der Waals surface area contributed by atoms with Crippen molar-refractivity contribution in [1.29, 1.82) is 0 Å². The Morgan fingerprint density at radius 1 is 1.17 bits per heavy atom.